The van der Waals surface area contributed by atoms with E-state index in [9.17, 15) is 4.39 Å². The Balaban J connectivity index is 2.06. The number of hydrogen-bond donors (Lipinski definition) is 1. The van der Waals surface area contributed by atoms with Gasteiger partial charge in [-0.05, 0) is 43.1 Å². The number of thiophene rings is 1. The Morgan fingerprint density at radius 2 is 2.19 bits per heavy atom. The number of nitrogens with one attached hydrogen (secondary N) is 1. The Morgan fingerprint density at radius 1 is 1.33 bits per heavy atom. The van der Waals surface area contributed by atoms with Gasteiger partial charge in [0.05, 0.1) is 0 Å². The molecule has 1 unspecified atom stereocenters. The fourth-order valence-electron chi connectivity index (χ4n) is 2.55. The SMILES string of the molecule is CCNC(c1cc2cc(F)ccc2s1)c1nccn1CC. The second-order valence-corrected chi connectivity index (χ2v) is 6.01. The molecule has 0 radical (unpaired) electrons. The Hall–Kier alpha value is -1.72. The fraction of sp³-hybridized carbons (Fsp3) is 0.312. The standard InChI is InChI=1S/C16H18FN3S/c1-3-18-15(16-19-7-8-20(16)4-2)14-10-11-9-12(17)5-6-13(11)21-14/h5-10,15,18H,3-4H2,1-2H3. The van der Waals surface area contributed by atoms with Crippen LogP contribution < -0.4 is 5.32 Å². The van der Waals surface area contributed by atoms with E-state index in [1.165, 1.54) is 10.9 Å². The smallest absolute Gasteiger partial charge is 0.131 e. The van der Waals surface area contributed by atoms with Crippen molar-refractivity contribution in [3.63, 3.8) is 0 Å². The third-order valence-electron chi connectivity index (χ3n) is 3.54. The summed E-state index contributed by atoms with van der Waals surface area (Å²) in [4.78, 5) is 5.67. The Morgan fingerprint density at radius 3 is 2.95 bits per heavy atom. The second kappa shape index (κ2) is 5.95. The summed E-state index contributed by atoms with van der Waals surface area (Å²) in [5, 5.41) is 4.44. The van der Waals surface area contributed by atoms with E-state index in [1.807, 2.05) is 18.5 Å². The molecule has 0 saturated heterocycles. The number of halogens is 1. The Labute approximate surface area is 127 Å². The molecule has 2 aromatic heterocycles. The van der Waals surface area contributed by atoms with Crippen molar-refractivity contribution in [2.45, 2.75) is 26.4 Å². The van der Waals surface area contributed by atoms with E-state index in [0.29, 0.717) is 0 Å². The number of aromatic nitrogens is 2. The molecule has 0 amide bonds. The van der Waals surface area contributed by atoms with Gasteiger partial charge in [-0.15, -0.1) is 11.3 Å². The average Bonchev–Trinajstić information content (AvgIpc) is 3.10. The molecule has 0 aliphatic heterocycles. The number of nitrogens with zero attached hydrogens (tertiary/aromatic N) is 2. The number of aryl methyl sites for hydroxylation is 1. The summed E-state index contributed by atoms with van der Waals surface area (Å²) in [6, 6.07) is 7.05. The molecule has 110 valence electrons. The molecule has 0 saturated carbocycles. The monoisotopic (exact) mass is 303 g/mol. The third kappa shape index (κ3) is 2.71. The molecule has 1 atom stereocenters. The van der Waals surface area contributed by atoms with Crippen molar-refractivity contribution in [2.24, 2.45) is 0 Å². The number of imidazole rings is 1. The normalized spacial score (nSPS) is 12.9. The summed E-state index contributed by atoms with van der Waals surface area (Å²) in [7, 11) is 0. The maximum Gasteiger partial charge on any atom is 0.131 e. The van der Waals surface area contributed by atoms with E-state index in [1.54, 1.807) is 17.4 Å². The molecule has 0 aliphatic carbocycles. The molecule has 0 spiro atoms. The molecule has 0 aliphatic rings. The molecule has 2 heterocycles. The van der Waals surface area contributed by atoms with Crippen LogP contribution in [0, 0.1) is 5.82 Å². The van der Waals surface area contributed by atoms with Crippen LogP contribution in [-0.4, -0.2) is 16.1 Å². The van der Waals surface area contributed by atoms with Gasteiger partial charge in [0.15, 0.2) is 0 Å². The van der Waals surface area contributed by atoms with Crippen molar-refractivity contribution >= 4 is 21.4 Å². The van der Waals surface area contributed by atoms with Crippen molar-refractivity contribution in [3.05, 3.63) is 53.2 Å². The van der Waals surface area contributed by atoms with Gasteiger partial charge in [-0.25, -0.2) is 9.37 Å². The minimum atomic E-state index is -0.193. The van der Waals surface area contributed by atoms with Gasteiger partial charge < -0.3 is 9.88 Å². The van der Waals surface area contributed by atoms with E-state index in [4.69, 9.17) is 0 Å². The summed E-state index contributed by atoms with van der Waals surface area (Å²) in [5.41, 5.74) is 0. The van der Waals surface area contributed by atoms with Crippen molar-refractivity contribution in [1.82, 2.24) is 14.9 Å². The van der Waals surface area contributed by atoms with E-state index >= 15 is 0 Å². The van der Waals surface area contributed by atoms with Gasteiger partial charge in [-0.1, -0.05) is 6.92 Å². The highest BCUT2D eigenvalue weighted by atomic mass is 32.1. The highest BCUT2D eigenvalue weighted by Gasteiger charge is 2.20. The summed E-state index contributed by atoms with van der Waals surface area (Å²) >= 11 is 1.69. The first-order valence-electron chi connectivity index (χ1n) is 7.16. The van der Waals surface area contributed by atoms with Gasteiger partial charge in [-0.3, -0.25) is 0 Å². The van der Waals surface area contributed by atoms with Crippen molar-refractivity contribution < 1.29 is 4.39 Å². The topological polar surface area (TPSA) is 29.9 Å². The van der Waals surface area contributed by atoms with Crippen LogP contribution in [-0.2, 0) is 6.54 Å². The first-order chi connectivity index (χ1) is 10.2. The van der Waals surface area contributed by atoms with E-state index in [2.05, 4.69) is 34.8 Å². The van der Waals surface area contributed by atoms with Crippen LogP contribution in [0.15, 0.2) is 36.7 Å². The zero-order chi connectivity index (χ0) is 14.8. The third-order valence-corrected chi connectivity index (χ3v) is 4.72. The lowest BCUT2D eigenvalue weighted by molar-refractivity contribution is 0.565. The van der Waals surface area contributed by atoms with Crippen LogP contribution in [0.1, 0.15) is 30.6 Å². The van der Waals surface area contributed by atoms with Crippen molar-refractivity contribution in [1.29, 1.82) is 0 Å². The van der Waals surface area contributed by atoms with Crippen LogP contribution in [0.2, 0.25) is 0 Å². The minimum Gasteiger partial charge on any atom is -0.334 e. The van der Waals surface area contributed by atoms with E-state index in [-0.39, 0.29) is 11.9 Å². The van der Waals surface area contributed by atoms with Gasteiger partial charge in [0.25, 0.3) is 0 Å². The molecular weight excluding hydrogens is 285 g/mol. The first kappa shape index (κ1) is 14.2. The zero-order valence-electron chi connectivity index (χ0n) is 12.1. The fourth-order valence-corrected chi connectivity index (χ4v) is 3.67. The van der Waals surface area contributed by atoms with Crippen LogP contribution in [0.5, 0.6) is 0 Å². The molecule has 21 heavy (non-hydrogen) atoms. The van der Waals surface area contributed by atoms with Gasteiger partial charge >= 0.3 is 0 Å². The number of benzene rings is 1. The molecule has 1 N–H and O–H groups in total. The molecule has 5 heteroatoms. The second-order valence-electron chi connectivity index (χ2n) is 4.89. The number of fused-ring (bicyclic) bond motifs is 1. The van der Waals surface area contributed by atoms with Crippen molar-refractivity contribution in [2.75, 3.05) is 6.54 Å². The largest absolute Gasteiger partial charge is 0.334 e. The van der Waals surface area contributed by atoms with Gasteiger partial charge in [0, 0.05) is 28.5 Å². The average molecular weight is 303 g/mol. The summed E-state index contributed by atoms with van der Waals surface area (Å²) < 4.78 is 16.6. The Kier molecular flexibility index (Phi) is 4.03. The molecule has 3 rings (SSSR count). The zero-order valence-corrected chi connectivity index (χ0v) is 13.0. The lowest BCUT2D eigenvalue weighted by atomic mass is 10.2. The lowest BCUT2D eigenvalue weighted by Gasteiger charge is -2.17. The molecular formula is C16H18FN3S. The molecule has 3 aromatic rings. The maximum absolute atomic E-state index is 13.4. The number of rotatable bonds is 5. The van der Waals surface area contributed by atoms with Crippen LogP contribution in [0.4, 0.5) is 4.39 Å². The van der Waals surface area contributed by atoms with Crippen LogP contribution >= 0.6 is 11.3 Å². The van der Waals surface area contributed by atoms with Gasteiger partial charge in [0.1, 0.15) is 17.7 Å². The number of hydrogen-bond acceptors (Lipinski definition) is 3. The van der Waals surface area contributed by atoms with Crippen LogP contribution in [0.3, 0.4) is 0 Å². The van der Waals surface area contributed by atoms with Crippen LogP contribution in [0.25, 0.3) is 10.1 Å². The summed E-state index contributed by atoms with van der Waals surface area (Å²) in [5.74, 6) is 0.813. The Bertz CT molecular complexity index is 747. The van der Waals surface area contributed by atoms with E-state index in [0.717, 1.165) is 29.0 Å². The quantitative estimate of drug-likeness (QED) is 0.773. The van der Waals surface area contributed by atoms with Gasteiger partial charge in [0.2, 0.25) is 0 Å². The predicted molar refractivity (Wildman–Crippen MR) is 85.2 cm³/mol. The summed E-state index contributed by atoms with van der Waals surface area (Å²) in [6.45, 7) is 5.92. The first-order valence-corrected chi connectivity index (χ1v) is 7.98. The highest BCUT2D eigenvalue weighted by molar-refractivity contribution is 7.19. The maximum atomic E-state index is 13.4. The van der Waals surface area contributed by atoms with Gasteiger partial charge in [-0.2, -0.15) is 0 Å². The predicted octanol–water partition coefficient (Wildman–Crippen LogP) is 3.96. The molecule has 1 aromatic carbocycles. The van der Waals surface area contributed by atoms with Crippen molar-refractivity contribution in [3.8, 4) is 0 Å². The minimum absolute atomic E-state index is 0.0467. The molecule has 0 bridgehead atoms. The lowest BCUT2D eigenvalue weighted by Crippen LogP contribution is -2.24. The molecule has 0 fully saturated rings. The van der Waals surface area contributed by atoms with E-state index < -0.39 is 0 Å². The molecule has 3 nitrogen and oxygen atoms in total. The summed E-state index contributed by atoms with van der Waals surface area (Å²) in [6.07, 6.45) is 3.82. The highest BCUT2D eigenvalue weighted by Crippen LogP contribution is 2.33.